The van der Waals surface area contributed by atoms with Crippen LogP contribution in [0, 0.1) is 11.8 Å². The number of amides is 3. The molecule has 3 heterocycles. The molecule has 1 aromatic heterocycles. The van der Waals surface area contributed by atoms with Gasteiger partial charge in [-0.2, -0.15) is 0 Å². The maximum atomic E-state index is 14.3. The lowest BCUT2D eigenvalue weighted by Gasteiger charge is -2.42. The first-order valence-electron chi connectivity index (χ1n) is 15.4. The van der Waals surface area contributed by atoms with E-state index >= 15 is 0 Å². The molecule has 4 aromatic rings. The van der Waals surface area contributed by atoms with Crippen molar-refractivity contribution in [2.45, 2.75) is 44.8 Å². The maximum absolute atomic E-state index is 14.3. The van der Waals surface area contributed by atoms with Crippen LogP contribution >= 0.6 is 0 Å². The Morgan fingerprint density at radius 1 is 0.956 bits per heavy atom. The van der Waals surface area contributed by atoms with Crippen molar-refractivity contribution >= 4 is 34.7 Å². The summed E-state index contributed by atoms with van der Waals surface area (Å²) in [5.74, 6) is -2.88. The van der Waals surface area contributed by atoms with E-state index < -0.39 is 35.7 Å². The normalized spacial score (nSPS) is 21.1. The van der Waals surface area contributed by atoms with Crippen molar-refractivity contribution in [2.24, 2.45) is 18.9 Å². The molecule has 1 aliphatic carbocycles. The van der Waals surface area contributed by atoms with Gasteiger partial charge in [-0.15, -0.1) is 0 Å². The van der Waals surface area contributed by atoms with Gasteiger partial charge in [-0.1, -0.05) is 43.2 Å². The molecular formula is C35H34N4O6. The van der Waals surface area contributed by atoms with Crippen molar-refractivity contribution in [3.63, 3.8) is 0 Å². The molecule has 10 heteroatoms. The van der Waals surface area contributed by atoms with Crippen LogP contribution in [0.3, 0.4) is 0 Å². The third-order valence-corrected chi connectivity index (χ3v) is 9.59. The zero-order valence-electron chi connectivity index (χ0n) is 25.0. The molecule has 2 aliphatic heterocycles. The quantitative estimate of drug-likeness (QED) is 0.301. The molecule has 3 amide bonds. The van der Waals surface area contributed by atoms with E-state index in [-0.39, 0.29) is 19.1 Å². The molecule has 0 saturated heterocycles. The van der Waals surface area contributed by atoms with E-state index in [0.29, 0.717) is 42.7 Å². The number of ether oxygens (including phenoxy) is 1. The summed E-state index contributed by atoms with van der Waals surface area (Å²) < 4.78 is 8.38. The minimum absolute atomic E-state index is 0.0597. The molecule has 7 rings (SSSR count). The number of fused-ring (bicyclic) bond motifs is 3. The van der Waals surface area contributed by atoms with Crippen LogP contribution in [0.2, 0.25) is 0 Å². The number of hydrogen-bond acceptors (Lipinski definition) is 6. The maximum Gasteiger partial charge on any atom is 0.307 e. The number of carbonyl (C=O) groups is 4. The van der Waals surface area contributed by atoms with Gasteiger partial charge in [-0.05, 0) is 60.7 Å². The molecule has 0 bridgehead atoms. The van der Waals surface area contributed by atoms with Crippen LogP contribution in [0.15, 0.2) is 67.0 Å². The molecule has 1 N–H and O–H groups in total. The third-order valence-electron chi connectivity index (χ3n) is 9.59. The zero-order chi connectivity index (χ0) is 31.2. The number of nitrogens with zero attached hydrogens (tertiary/aromatic N) is 4. The van der Waals surface area contributed by atoms with Gasteiger partial charge in [-0.3, -0.25) is 24.1 Å². The molecule has 230 valence electrons. The summed E-state index contributed by atoms with van der Waals surface area (Å²) in [6, 6.07) is 17.7. The summed E-state index contributed by atoms with van der Waals surface area (Å²) in [6.07, 6.45) is 4.80. The lowest BCUT2D eigenvalue weighted by atomic mass is 9.77. The third kappa shape index (κ3) is 5.04. The van der Waals surface area contributed by atoms with E-state index in [4.69, 9.17) is 4.74 Å². The van der Waals surface area contributed by atoms with Crippen molar-refractivity contribution in [1.82, 2.24) is 19.4 Å². The molecule has 3 aromatic carbocycles. The SMILES string of the molecule is Cn1cnc2cc(COc3cccc4c3[C@@H](CN3C(=O)c5ccccc5C3=O)N(C(=O)C3CCCC[C@H]3C(=O)O)CC4)ccc21. The smallest absolute Gasteiger partial charge is 0.307 e. The Balaban J connectivity index is 1.25. The molecule has 3 aliphatic rings. The number of carboxylic acids is 1. The average molecular weight is 607 g/mol. The Bertz CT molecular complexity index is 1810. The fourth-order valence-corrected chi connectivity index (χ4v) is 7.26. The van der Waals surface area contributed by atoms with Crippen LogP contribution in [-0.4, -0.2) is 61.2 Å². The fourth-order valence-electron chi connectivity index (χ4n) is 7.26. The number of carbonyl (C=O) groups excluding carboxylic acids is 3. The van der Waals surface area contributed by atoms with E-state index in [1.165, 1.54) is 4.90 Å². The molecule has 45 heavy (non-hydrogen) atoms. The highest BCUT2D eigenvalue weighted by molar-refractivity contribution is 6.21. The second-order valence-corrected chi connectivity index (χ2v) is 12.2. The molecule has 1 unspecified atom stereocenters. The van der Waals surface area contributed by atoms with E-state index in [9.17, 15) is 24.3 Å². The van der Waals surface area contributed by atoms with Gasteiger partial charge in [0.25, 0.3) is 11.8 Å². The first-order chi connectivity index (χ1) is 21.8. The molecule has 0 spiro atoms. The van der Waals surface area contributed by atoms with Gasteiger partial charge >= 0.3 is 5.97 Å². The Hall–Kier alpha value is -4.99. The van der Waals surface area contributed by atoms with Gasteiger partial charge in [0.15, 0.2) is 0 Å². The monoisotopic (exact) mass is 606 g/mol. The van der Waals surface area contributed by atoms with Crippen LogP contribution in [0.1, 0.15) is 69.1 Å². The summed E-state index contributed by atoms with van der Waals surface area (Å²) in [4.78, 5) is 60.8. The van der Waals surface area contributed by atoms with Gasteiger partial charge < -0.3 is 19.3 Å². The van der Waals surface area contributed by atoms with Gasteiger partial charge in [0.2, 0.25) is 5.91 Å². The Morgan fingerprint density at radius 3 is 2.42 bits per heavy atom. The molecule has 1 saturated carbocycles. The summed E-state index contributed by atoms with van der Waals surface area (Å²) in [5, 5.41) is 9.97. The van der Waals surface area contributed by atoms with Gasteiger partial charge in [0.1, 0.15) is 12.4 Å². The molecule has 10 nitrogen and oxygen atoms in total. The Morgan fingerprint density at radius 2 is 1.69 bits per heavy atom. The first-order valence-corrected chi connectivity index (χ1v) is 15.4. The summed E-state index contributed by atoms with van der Waals surface area (Å²) >= 11 is 0. The molecular weight excluding hydrogens is 572 g/mol. The van der Waals surface area contributed by atoms with Crippen molar-refractivity contribution in [1.29, 1.82) is 0 Å². The number of imidazole rings is 1. The Labute approximate surface area is 260 Å². The zero-order valence-corrected chi connectivity index (χ0v) is 25.0. The number of rotatable bonds is 7. The molecule has 0 radical (unpaired) electrons. The minimum Gasteiger partial charge on any atom is -0.489 e. The van der Waals surface area contributed by atoms with Gasteiger partial charge in [-0.25, -0.2) is 4.98 Å². The van der Waals surface area contributed by atoms with Crippen LogP contribution in [0.5, 0.6) is 5.75 Å². The second-order valence-electron chi connectivity index (χ2n) is 12.2. The van der Waals surface area contributed by atoms with E-state index in [1.54, 1.807) is 35.5 Å². The van der Waals surface area contributed by atoms with Gasteiger partial charge in [0, 0.05) is 19.2 Å². The number of benzene rings is 3. The predicted molar refractivity (Wildman–Crippen MR) is 165 cm³/mol. The highest BCUT2D eigenvalue weighted by atomic mass is 16.5. The van der Waals surface area contributed by atoms with Crippen molar-refractivity contribution in [3.05, 3.63) is 94.8 Å². The highest BCUT2D eigenvalue weighted by Crippen LogP contribution is 2.41. The molecule has 1 fully saturated rings. The lowest BCUT2D eigenvalue weighted by molar-refractivity contribution is -0.153. The number of carboxylic acid groups (broad SMARTS) is 1. The highest BCUT2D eigenvalue weighted by Gasteiger charge is 2.45. The van der Waals surface area contributed by atoms with Gasteiger partial charge in [0.05, 0.1) is 52.9 Å². The lowest BCUT2D eigenvalue weighted by Crippen LogP contribution is -2.50. The number of imide groups is 1. The number of aromatic nitrogens is 2. The predicted octanol–water partition coefficient (Wildman–Crippen LogP) is 4.77. The Kier molecular flexibility index (Phi) is 7.35. The van der Waals surface area contributed by atoms with Crippen LogP contribution in [-0.2, 0) is 29.7 Å². The second kappa shape index (κ2) is 11.5. The fraction of sp³-hybridized carbons (Fsp3) is 0.343. The van der Waals surface area contributed by atoms with Crippen LogP contribution < -0.4 is 4.74 Å². The number of hydrogen-bond donors (Lipinski definition) is 1. The number of aliphatic carboxylic acids is 1. The van der Waals surface area contributed by atoms with E-state index in [1.807, 2.05) is 48.0 Å². The van der Waals surface area contributed by atoms with Crippen LogP contribution in [0.25, 0.3) is 11.0 Å². The summed E-state index contributed by atoms with van der Waals surface area (Å²) in [6.45, 7) is 0.540. The van der Waals surface area contributed by atoms with E-state index in [2.05, 4.69) is 4.98 Å². The standard InChI is InChI=1S/C35H34N4O6/c1-37-20-36-27-17-21(13-14-28(27)37)19-45-30-12-6-7-22-15-16-38(32(40)25-10-4-5-11-26(25)35(43)44)29(31(22)30)18-39-33(41)23-8-2-3-9-24(23)34(39)42/h2-3,6-9,12-14,17,20,25-26,29H,4-5,10-11,15-16,18-19H2,1H3,(H,43,44)/t25?,26-,29-/m1/s1. The summed E-state index contributed by atoms with van der Waals surface area (Å²) in [5.41, 5.74) is 5.17. The van der Waals surface area contributed by atoms with Crippen molar-refractivity contribution < 1.29 is 29.0 Å². The molecule has 3 atom stereocenters. The minimum atomic E-state index is -0.962. The van der Waals surface area contributed by atoms with E-state index in [0.717, 1.165) is 40.6 Å². The first kappa shape index (κ1) is 28.8. The van der Waals surface area contributed by atoms with Crippen molar-refractivity contribution in [2.75, 3.05) is 13.1 Å². The topological polar surface area (TPSA) is 122 Å². The summed E-state index contributed by atoms with van der Waals surface area (Å²) in [7, 11) is 1.94. The largest absolute Gasteiger partial charge is 0.489 e. The van der Waals surface area contributed by atoms with Crippen molar-refractivity contribution in [3.8, 4) is 5.75 Å². The van der Waals surface area contributed by atoms with Crippen LogP contribution in [0.4, 0.5) is 0 Å². The number of aryl methyl sites for hydroxylation is 1. The average Bonchev–Trinajstić information content (AvgIpc) is 3.55.